The number of esters is 1. The van der Waals surface area contributed by atoms with Crippen LogP contribution in [0.2, 0.25) is 0 Å². The maximum atomic E-state index is 12.8. The molecule has 23 heavy (non-hydrogen) atoms. The lowest BCUT2D eigenvalue weighted by molar-refractivity contribution is -0.142. The second-order valence-electron chi connectivity index (χ2n) is 5.15. The van der Waals surface area contributed by atoms with E-state index in [9.17, 15) is 13.2 Å². The molecular formula is C17H17NO4S. The van der Waals surface area contributed by atoms with E-state index in [0.29, 0.717) is 24.5 Å². The summed E-state index contributed by atoms with van der Waals surface area (Å²) < 4.78 is 30.5. The number of para-hydroxylation sites is 2. The Kier molecular flexibility index (Phi) is 4.09. The van der Waals surface area contributed by atoms with Crippen molar-refractivity contribution in [2.45, 2.75) is 23.1 Å². The lowest BCUT2D eigenvalue weighted by atomic mass is 10.2. The summed E-state index contributed by atoms with van der Waals surface area (Å²) in [6.45, 7) is 2.46. The van der Waals surface area contributed by atoms with Crippen molar-refractivity contribution in [1.82, 2.24) is 0 Å². The van der Waals surface area contributed by atoms with Crippen LogP contribution in [0.3, 0.4) is 0 Å². The first kappa shape index (κ1) is 15.6. The highest BCUT2D eigenvalue weighted by atomic mass is 32.2. The van der Waals surface area contributed by atoms with Crippen LogP contribution in [0.15, 0.2) is 58.3 Å². The van der Waals surface area contributed by atoms with Gasteiger partial charge < -0.3 is 9.64 Å². The number of hydrogen-bond acceptors (Lipinski definition) is 5. The third kappa shape index (κ3) is 2.70. The molecule has 2 aromatic carbocycles. The normalized spacial score (nSPS) is 14.7. The molecule has 0 N–H and O–H groups in total. The van der Waals surface area contributed by atoms with E-state index in [1.807, 2.05) is 4.90 Å². The molecule has 0 bridgehead atoms. The van der Waals surface area contributed by atoms with E-state index in [1.165, 1.54) is 0 Å². The molecule has 0 spiro atoms. The van der Waals surface area contributed by atoms with Crippen LogP contribution in [0.1, 0.15) is 13.3 Å². The van der Waals surface area contributed by atoms with Gasteiger partial charge in [0.25, 0.3) is 0 Å². The molecule has 6 heteroatoms. The number of hydrogen-bond donors (Lipinski definition) is 0. The Morgan fingerprint density at radius 2 is 1.52 bits per heavy atom. The summed E-state index contributed by atoms with van der Waals surface area (Å²) in [6.07, 6.45) is 0.191. The number of carbonyl (C=O) groups is 1. The van der Waals surface area contributed by atoms with E-state index in [-0.39, 0.29) is 22.2 Å². The molecule has 5 nitrogen and oxygen atoms in total. The quantitative estimate of drug-likeness (QED) is 0.806. The van der Waals surface area contributed by atoms with E-state index in [1.54, 1.807) is 55.5 Å². The predicted molar refractivity (Wildman–Crippen MR) is 86.6 cm³/mol. The molecular weight excluding hydrogens is 314 g/mol. The van der Waals surface area contributed by atoms with Gasteiger partial charge >= 0.3 is 5.97 Å². The molecule has 1 aliphatic heterocycles. The van der Waals surface area contributed by atoms with E-state index in [2.05, 4.69) is 0 Å². The molecule has 0 atom stereocenters. The summed E-state index contributed by atoms with van der Waals surface area (Å²) >= 11 is 0. The molecule has 0 amide bonds. The zero-order chi connectivity index (χ0) is 16.4. The minimum atomic E-state index is -3.54. The molecule has 0 saturated carbocycles. The van der Waals surface area contributed by atoms with Gasteiger partial charge in [-0.25, -0.2) is 8.42 Å². The number of carbonyl (C=O) groups excluding carboxylic acids is 1. The average Bonchev–Trinajstić information content (AvgIpc) is 2.55. The summed E-state index contributed by atoms with van der Waals surface area (Å²) in [7, 11) is -3.54. The molecule has 0 saturated heterocycles. The first-order valence-corrected chi connectivity index (χ1v) is 8.90. The van der Waals surface area contributed by atoms with Crippen molar-refractivity contribution in [3.63, 3.8) is 0 Å². The summed E-state index contributed by atoms with van der Waals surface area (Å²) in [5.41, 5.74) is 1.19. The van der Waals surface area contributed by atoms with Crippen molar-refractivity contribution >= 4 is 27.2 Å². The van der Waals surface area contributed by atoms with Crippen LogP contribution < -0.4 is 4.90 Å². The van der Waals surface area contributed by atoms with Gasteiger partial charge in [-0.15, -0.1) is 0 Å². The minimum absolute atomic E-state index is 0.191. The van der Waals surface area contributed by atoms with Gasteiger partial charge in [-0.3, -0.25) is 4.79 Å². The van der Waals surface area contributed by atoms with Gasteiger partial charge in [0.15, 0.2) is 0 Å². The summed E-state index contributed by atoms with van der Waals surface area (Å²) in [5, 5.41) is 0. The van der Waals surface area contributed by atoms with Gasteiger partial charge in [-0.1, -0.05) is 24.3 Å². The molecule has 0 fully saturated rings. The van der Waals surface area contributed by atoms with E-state index >= 15 is 0 Å². The highest BCUT2D eigenvalue weighted by Gasteiger charge is 2.33. The topological polar surface area (TPSA) is 63.7 Å². The van der Waals surface area contributed by atoms with Gasteiger partial charge in [-0.2, -0.15) is 0 Å². The molecule has 1 aliphatic rings. The van der Waals surface area contributed by atoms with E-state index < -0.39 is 9.84 Å². The van der Waals surface area contributed by atoms with Crippen LogP contribution in [-0.4, -0.2) is 27.5 Å². The van der Waals surface area contributed by atoms with Gasteiger partial charge in [0, 0.05) is 6.54 Å². The maximum absolute atomic E-state index is 12.8. The Morgan fingerprint density at radius 1 is 1.00 bits per heavy atom. The van der Waals surface area contributed by atoms with Crippen molar-refractivity contribution in [3.05, 3.63) is 48.5 Å². The number of benzene rings is 2. The number of fused-ring (bicyclic) bond motifs is 2. The molecule has 0 aliphatic carbocycles. The summed E-state index contributed by atoms with van der Waals surface area (Å²) in [5.74, 6) is -0.295. The van der Waals surface area contributed by atoms with Gasteiger partial charge in [-0.05, 0) is 31.2 Å². The van der Waals surface area contributed by atoms with E-state index in [0.717, 1.165) is 0 Å². The number of sulfone groups is 1. The van der Waals surface area contributed by atoms with Gasteiger partial charge in [0.2, 0.25) is 9.84 Å². The minimum Gasteiger partial charge on any atom is -0.466 e. The largest absolute Gasteiger partial charge is 0.466 e. The van der Waals surface area contributed by atoms with Crippen LogP contribution in [-0.2, 0) is 19.4 Å². The van der Waals surface area contributed by atoms with E-state index in [4.69, 9.17) is 4.74 Å². The number of ether oxygens (including phenoxy) is 1. The maximum Gasteiger partial charge on any atom is 0.307 e. The Balaban J connectivity index is 2.05. The molecule has 2 aromatic rings. The number of rotatable bonds is 4. The van der Waals surface area contributed by atoms with Crippen molar-refractivity contribution in [2.24, 2.45) is 0 Å². The third-order valence-electron chi connectivity index (χ3n) is 3.74. The fourth-order valence-corrected chi connectivity index (χ4v) is 4.40. The standard InChI is InChI=1S/C17H17NO4S/c1-2-22-17(19)11-12-18-13-7-3-5-9-15(13)23(20,21)16-10-6-4-8-14(16)18/h3-10H,2,11-12H2,1H3. The zero-order valence-corrected chi connectivity index (χ0v) is 13.5. The lowest BCUT2D eigenvalue weighted by Gasteiger charge is -2.32. The Morgan fingerprint density at radius 3 is 2.04 bits per heavy atom. The fourth-order valence-electron chi connectivity index (χ4n) is 2.74. The molecule has 120 valence electrons. The van der Waals surface area contributed by atoms with Crippen LogP contribution in [0.4, 0.5) is 11.4 Å². The van der Waals surface area contributed by atoms with Crippen LogP contribution in [0.5, 0.6) is 0 Å². The third-order valence-corrected chi connectivity index (χ3v) is 5.58. The Hall–Kier alpha value is -2.34. The summed E-state index contributed by atoms with van der Waals surface area (Å²) in [4.78, 5) is 14.1. The summed E-state index contributed by atoms with van der Waals surface area (Å²) in [6, 6.07) is 13.7. The highest BCUT2D eigenvalue weighted by molar-refractivity contribution is 7.92. The lowest BCUT2D eigenvalue weighted by Crippen LogP contribution is -2.28. The second-order valence-corrected chi connectivity index (χ2v) is 7.03. The molecule has 0 aromatic heterocycles. The monoisotopic (exact) mass is 331 g/mol. The van der Waals surface area contributed by atoms with Crippen LogP contribution in [0, 0.1) is 0 Å². The molecule has 0 unspecified atom stereocenters. The number of anilines is 2. The molecule has 0 radical (unpaired) electrons. The van der Waals surface area contributed by atoms with Crippen LogP contribution in [0.25, 0.3) is 0 Å². The fraction of sp³-hybridized carbons (Fsp3) is 0.235. The van der Waals surface area contributed by atoms with Crippen molar-refractivity contribution < 1.29 is 17.9 Å². The number of nitrogens with zero attached hydrogens (tertiary/aromatic N) is 1. The van der Waals surface area contributed by atoms with Crippen molar-refractivity contribution in [2.75, 3.05) is 18.1 Å². The molecule has 3 rings (SSSR count). The smallest absolute Gasteiger partial charge is 0.307 e. The average molecular weight is 331 g/mol. The Bertz CT molecular complexity index is 792. The van der Waals surface area contributed by atoms with Gasteiger partial charge in [0.05, 0.1) is 34.2 Å². The van der Waals surface area contributed by atoms with Gasteiger partial charge in [0.1, 0.15) is 0 Å². The van der Waals surface area contributed by atoms with Crippen molar-refractivity contribution in [3.8, 4) is 0 Å². The second kappa shape index (κ2) is 6.04. The predicted octanol–water partition coefficient (Wildman–Crippen LogP) is 2.92. The Labute approximate surface area is 135 Å². The first-order chi connectivity index (χ1) is 11.1. The van der Waals surface area contributed by atoms with Crippen molar-refractivity contribution in [1.29, 1.82) is 0 Å². The first-order valence-electron chi connectivity index (χ1n) is 7.42. The molecule has 1 heterocycles. The van der Waals surface area contributed by atoms with Crippen LogP contribution >= 0.6 is 0 Å². The SMILES string of the molecule is CCOC(=O)CCN1c2ccccc2S(=O)(=O)c2ccccc21. The highest BCUT2D eigenvalue weighted by Crippen LogP contribution is 2.43. The zero-order valence-electron chi connectivity index (χ0n) is 12.7.